The Morgan fingerprint density at radius 2 is 2.05 bits per heavy atom. The molecule has 1 saturated carbocycles. The van der Waals surface area contributed by atoms with Gasteiger partial charge in [0.2, 0.25) is 11.8 Å². The first kappa shape index (κ1) is 11.2. The normalized spacial score (nSPS) is 17.7. The van der Waals surface area contributed by atoms with Gasteiger partial charge in [0.05, 0.1) is 6.54 Å². The van der Waals surface area contributed by atoms with Crippen LogP contribution in [0.15, 0.2) is 22.6 Å². The van der Waals surface area contributed by atoms with E-state index < -0.39 is 0 Å². The monoisotopic (exact) mass is 255 g/mol. The van der Waals surface area contributed by atoms with Gasteiger partial charge in [0.25, 0.3) is 0 Å². The van der Waals surface area contributed by atoms with Crippen LogP contribution in [-0.4, -0.2) is 16.2 Å². The van der Waals surface area contributed by atoms with E-state index in [2.05, 4.69) is 33.7 Å². The van der Waals surface area contributed by atoms with Crippen LogP contribution in [0.3, 0.4) is 0 Å². The van der Waals surface area contributed by atoms with Crippen LogP contribution < -0.4 is 5.32 Å². The van der Waals surface area contributed by atoms with E-state index >= 15 is 0 Å². The molecule has 2 aliphatic carbocycles. The van der Waals surface area contributed by atoms with Crippen molar-refractivity contribution < 1.29 is 4.42 Å². The SMILES string of the molecule is c1cc2c(cc1-c1nnc(CNC3CC3)o1)CCC2. The van der Waals surface area contributed by atoms with E-state index in [-0.39, 0.29) is 0 Å². The van der Waals surface area contributed by atoms with Gasteiger partial charge in [0.1, 0.15) is 0 Å². The Hall–Kier alpha value is -1.68. The largest absolute Gasteiger partial charge is 0.419 e. The molecular weight excluding hydrogens is 238 g/mol. The number of aromatic nitrogens is 2. The van der Waals surface area contributed by atoms with E-state index in [9.17, 15) is 0 Å². The molecule has 4 nitrogen and oxygen atoms in total. The second-order valence-electron chi connectivity index (χ2n) is 5.49. The van der Waals surface area contributed by atoms with Crippen molar-refractivity contribution in [3.05, 3.63) is 35.2 Å². The third kappa shape index (κ3) is 2.28. The molecule has 0 saturated heterocycles. The molecule has 1 aromatic heterocycles. The van der Waals surface area contributed by atoms with Crippen LogP contribution >= 0.6 is 0 Å². The van der Waals surface area contributed by atoms with Crippen molar-refractivity contribution in [3.63, 3.8) is 0 Å². The Kier molecular flexibility index (Phi) is 2.62. The van der Waals surface area contributed by atoms with Gasteiger partial charge in [-0.15, -0.1) is 10.2 Å². The molecule has 4 rings (SSSR count). The highest BCUT2D eigenvalue weighted by Crippen LogP contribution is 2.27. The average molecular weight is 255 g/mol. The van der Waals surface area contributed by atoms with Crippen LogP contribution in [0.2, 0.25) is 0 Å². The molecule has 2 aliphatic rings. The number of hydrogen-bond donors (Lipinski definition) is 1. The maximum Gasteiger partial charge on any atom is 0.247 e. The molecule has 0 radical (unpaired) electrons. The summed E-state index contributed by atoms with van der Waals surface area (Å²) in [6.07, 6.45) is 6.18. The Labute approximate surface area is 112 Å². The van der Waals surface area contributed by atoms with E-state index in [1.807, 2.05) is 0 Å². The number of nitrogens with zero attached hydrogens (tertiary/aromatic N) is 2. The molecule has 1 aromatic carbocycles. The molecule has 1 N–H and O–H groups in total. The first-order chi connectivity index (χ1) is 9.38. The first-order valence-corrected chi connectivity index (χ1v) is 7.06. The van der Waals surface area contributed by atoms with E-state index in [0.29, 0.717) is 24.4 Å². The summed E-state index contributed by atoms with van der Waals surface area (Å²) < 4.78 is 5.72. The van der Waals surface area contributed by atoms with Crippen LogP contribution in [0, 0.1) is 0 Å². The maximum absolute atomic E-state index is 5.72. The topological polar surface area (TPSA) is 51.0 Å². The highest BCUT2D eigenvalue weighted by molar-refractivity contribution is 5.56. The summed E-state index contributed by atoms with van der Waals surface area (Å²) in [5.41, 5.74) is 3.96. The lowest BCUT2D eigenvalue weighted by Crippen LogP contribution is -2.15. The van der Waals surface area contributed by atoms with Crippen molar-refractivity contribution in [2.45, 2.75) is 44.7 Å². The van der Waals surface area contributed by atoms with Gasteiger partial charge in [-0.3, -0.25) is 0 Å². The predicted octanol–water partition coefficient (Wildman–Crippen LogP) is 2.48. The molecular formula is C15H17N3O. The number of aryl methyl sites for hydroxylation is 2. The van der Waals surface area contributed by atoms with Gasteiger partial charge < -0.3 is 9.73 Å². The second kappa shape index (κ2) is 4.46. The minimum atomic E-state index is 0.641. The number of hydrogen-bond acceptors (Lipinski definition) is 4. The summed E-state index contributed by atoms with van der Waals surface area (Å²) in [4.78, 5) is 0. The fourth-order valence-corrected chi connectivity index (χ4v) is 2.67. The van der Waals surface area contributed by atoms with Gasteiger partial charge >= 0.3 is 0 Å². The summed E-state index contributed by atoms with van der Waals surface area (Å²) in [5.74, 6) is 1.32. The van der Waals surface area contributed by atoms with Crippen LogP contribution in [0.25, 0.3) is 11.5 Å². The van der Waals surface area contributed by atoms with Crippen molar-refractivity contribution in [2.24, 2.45) is 0 Å². The number of fused-ring (bicyclic) bond motifs is 1. The molecule has 0 amide bonds. The molecule has 0 atom stereocenters. The molecule has 98 valence electrons. The van der Waals surface area contributed by atoms with Crippen molar-refractivity contribution in [2.75, 3.05) is 0 Å². The summed E-state index contributed by atoms with van der Waals surface area (Å²) in [6, 6.07) is 7.16. The summed E-state index contributed by atoms with van der Waals surface area (Å²) in [7, 11) is 0. The van der Waals surface area contributed by atoms with Crippen molar-refractivity contribution in [1.29, 1.82) is 0 Å². The van der Waals surface area contributed by atoms with E-state index in [4.69, 9.17) is 4.42 Å². The first-order valence-electron chi connectivity index (χ1n) is 7.06. The van der Waals surface area contributed by atoms with E-state index in [1.165, 1.54) is 43.2 Å². The van der Waals surface area contributed by atoms with Crippen molar-refractivity contribution >= 4 is 0 Å². The third-order valence-electron chi connectivity index (χ3n) is 3.93. The van der Waals surface area contributed by atoms with Crippen LogP contribution in [0.1, 0.15) is 36.3 Å². The number of nitrogens with one attached hydrogen (secondary N) is 1. The van der Waals surface area contributed by atoms with E-state index in [1.54, 1.807) is 0 Å². The molecule has 0 aliphatic heterocycles. The lowest BCUT2D eigenvalue weighted by molar-refractivity contribution is 0.476. The molecule has 2 aromatic rings. The molecule has 4 heteroatoms. The Bertz CT molecular complexity index is 601. The number of benzene rings is 1. The Morgan fingerprint density at radius 3 is 2.95 bits per heavy atom. The van der Waals surface area contributed by atoms with Gasteiger partial charge in [-0.25, -0.2) is 0 Å². The van der Waals surface area contributed by atoms with Crippen LogP contribution in [-0.2, 0) is 19.4 Å². The molecule has 1 heterocycles. The third-order valence-corrected chi connectivity index (χ3v) is 3.93. The average Bonchev–Trinajstić information content (AvgIpc) is 2.96. The van der Waals surface area contributed by atoms with Crippen molar-refractivity contribution in [1.82, 2.24) is 15.5 Å². The minimum absolute atomic E-state index is 0.641. The molecule has 0 unspecified atom stereocenters. The lowest BCUT2D eigenvalue weighted by atomic mass is 10.1. The van der Waals surface area contributed by atoms with Gasteiger partial charge in [0, 0.05) is 11.6 Å². The summed E-state index contributed by atoms with van der Waals surface area (Å²) in [5, 5.41) is 11.6. The highest BCUT2D eigenvalue weighted by atomic mass is 16.4. The minimum Gasteiger partial charge on any atom is -0.419 e. The van der Waals surface area contributed by atoms with Gasteiger partial charge in [0.15, 0.2) is 0 Å². The van der Waals surface area contributed by atoms with Gasteiger partial charge in [-0.05, 0) is 55.4 Å². The molecule has 0 spiro atoms. The maximum atomic E-state index is 5.72. The zero-order chi connectivity index (χ0) is 12.7. The molecule has 19 heavy (non-hydrogen) atoms. The molecule has 0 bridgehead atoms. The standard InChI is InChI=1S/C15H17N3O/c1-2-10-4-5-12(8-11(10)3-1)15-18-17-14(19-15)9-16-13-6-7-13/h4-5,8,13,16H,1-3,6-7,9H2. The quantitative estimate of drug-likeness (QED) is 0.912. The zero-order valence-corrected chi connectivity index (χ0v) is 10.9. The number of rotatable bonds is 4. The van der Waals surface area contributed by atoms with Gasteiger partial charge in [-0.2, -0.15) is 0 Å². The molecule has 1 fully saturated rings. The lowest BCUT2D eigenvalue weighted by Gasteiger charge is -2.00. The zero-order valence-electron chi connectivity index (χ0n) is 10.9. The predicted molar refractivity (Wildman–Crippen MR) is 71.6 cm³/mol. The van der Waals surface area contributed by atoms with Crippen molar-refractivity contribution in [3.8, 4) is 11.5 Å². The summed E-state index contributed by atoms with van der Waals surface area (Å²) >= 11 is 0. The highest BCUT2D eigenvalue weighted by Gasteiger charge is 2.21. The Morgan fingerprint density at radius 1 is 1.16 bits per heavy atom. The van der Waals surface area contributed by atoms with Crippen LogP contribution in [0.4, 0.5) is 0 Å². The smallest absolute Gasteiger partial charge is 0.247 e. The van der Waals surface area contributed by atoms with E-state index in [0.717, 1.165) is 5.56 Å². The fraction of sp³-hybridized carbons (Fsp3) is 0.467. The Balaban J connectivity index is 1.54. The van der Waals surface area contributed by atoms with Crippen LogP contribution in [0.5, 0.6) is 0 Å². The second-order valence-corrected chi connectivity index (χ2v) is 5.49. The fourth-order valence-electron chi connectivity index (χ4n) is 2.67. The van der Waals surface area contributed by atoms with Gasteiger partial charge in [-0.1, -0.05) is 6.07 Å². The summed E-state index contributed by atoms with van der Waals surface area (Å²) in [6.45, 7) is 0.683.